The topological polar surface area (TPSA) is 127 Å². The van der Waals surface area contributed by atoms with Crippen LogP contribution in [0, 0.1) is 5.82 Å². The van der Waals surface area contributed by atoms with Crippen molar-refractivity contribution in [1.82, 2.24) is 9.62 Å². The van der Waals surface area contributed by atoms with E-state index in [1.807, 2.05) is 0 Å². The van der Waals surface area contributed by atoms with E-state index in [4.69, 9.17) is 13.6 Å². The highest BCUT2D eigenvalue weighted by Gasteiger charge is 2.37. The highest BCUT2D eigenvalue weighted by Crippen LogP contribution is 2.37. The fourth-order valence-electron chi connectivity index (χ4n) is 3.81. The van der Waals surface area contributed by atoms with Gasteiger partial charge in [-0.25, -0.2) is 18.7 Å². The average molecular weight is 608 g/mol. The summed E-state index contributed by atoms with van der Waals surface area (Å²) in [6.07, 6.45) is -0.393. The number of fused-ring (bicyclic) bond motifs is 1. The van der Waals surface area contributed by atoms with Crippen molar-refractivity contribution in [1.29, 1.82) is 0 Å². The monoisotopic (exact) mass is 607 g/mol. The number of amides is 1. The van der Waals surface area contributed by atoms with Gasteiger partial charge in [0.05, 0.1) is 5.69 Å². The van der Waals surface area contributed by atoms with E-state index in [2.05, 4.69) is 43.3 Å². The fourth-order valence-corrected chi connectivity index (χ4v) is 5.40. The smallest absolute Gasteiger partial charge is 0.414 e. The maximum Gasteiger partial charge on any atom is 0.414 e. The molecule has 0 aliphatic heterocycles. The molecule has 2 aromatic carbocycles. The molecule has 1 heterocycles. The van der Waals surface area contributed by atoms with Gasteiger partial charge in [0.25, 0.3) is 10.2 Å². The van der Waals surface area contributed by atoms with Crippen molar-refractivity contribution >= 4 is 41.3 Å². The van der Waals surface area contributed by atoms with Crippen LogP contribution in [-0.2, 0) is 27.5 Å². The summed E-state index contributed by atoms with van der Waals surface area (Å²) in [4.78, 5) is 26.6. The van der Waals surface area contributed by atoms with Crippen LogP contribution in [0.5, 0.6) is 5.75 Å². The molecular formula is C28H38FN3O7SSi. The van der Waals surface area contributed by atoms with E-state index < -0.39 is 36.1 Å². The zero-order chi connectivity index (χ0) is 30.8. The lowest BCUT2D eigenvalue weighted by Crippen LogP contribution is -2.41. The molecule has 2 N–H and O–H groups in total. The Labute approximate surface area is 241 Å². The van der Waals surface area contributed by atoms with Crippen LogP contribution in [0.2, 0.25) is 18.1 Å². The summed E-state index contributed by atoms with van der Waals surface area (Å²) in [6.45, 7) is 11.0. The molecule has 0 saturated heterocycles. The first-order valence-corrected chi connectivity index (χ1v) is 17.5. The molecule has 0 radical (unpaired) electrons. The molecule has 0 atom stereocenters. The van der Waals surface area contributed by atoms with Gasteiger partial charge in [0.15, 0.2) is 14.1 Å². The van der Waals surface area contributed by atoms with Gasteiger partial charge >= 0.3 is 11.7 Å². The Balaban J connectivity index is 2.09. The quantitative estimate of drug-likeness (QED) is 0.245. The van der Waals surface area contributed by atoms with Crippen molar-refractivity contribution in [2.75, 3.05) is 32.5 Å². The third kappa shape index (κ3) is 7.73. The Morgan fingerprint density at radius 1 is 1.12 bits per heavy atom. The van der Waals surface area contributed by atoms with Crippen LogP contribution in [0.3, 0.4) is 0 Å². The van der Waals surface area contributed by atoms with Crippen LogP contribution in [0.4, 0.5) is 14.9 Å². The number of hydrogen-bond donors (Lipinski definition) is 2. The second kappa shape index (κ2) is 12.3. The molecule has 0 spiro atoms. The Bertz CT molecular complexity index is 1600. The number of ether oxygens (including phenoxy) is 1. The largest absolute Gasteiger partial charge is 0.422 e. The zero-order valence-corrected chi connectivity index (χ0v) is 26.5. The minimum atomic E-state index is -3.96. The van der Waals surface area contributed by atoms with E-state index in [0.29, 0.717) is 24.0 Å². The summed E-state index contributed by atoms with van der Waals surface area (Å²) in [7, 11) is -1.76. The van der Waals surface area contributed by atoms with Gasteiger partial charge in [-0.2, -0.15) is 8.42 Å². The summed E-state index contributed by atoms with van der Waals surface area (Å²) in [5.74, 6) is -0.605. The van der Waals surface area contributed by atoms with E-state index in [0.717, 1.165) is 0 Å². The number of nitrogens with zero attached hydrogens (tertiary/aromatic N) is 1. The van der Waals surface area contributed by atoms with Crippen LogP contribution in [0.1, 0.15) is 37.5 Å². The summed E-state index contributed by atoms with van der Waals surface area (Å²) >= 11 is 0. The highest BCUT2D eigenvalue weighted by molar-refractivity contribution is 7.90. The SMILES string of the molecule is CNS(=O)(=O)Nc1cccc(Cc2c(CCO[Si](C)(C)C(C)(C)C)c3ccc(OC(=O)N(C)C)cc3oc2=O)c1F. The van der Waals surface area contributed by atoms with E-state index in [9.17, 15) is 18.0 Å². The van der Waals surface area contributed by atoms with E-state index in [1.54, 1.807) is 26.2 Å². The van der Waals surface area contributed by atoms with E-state index in [-0.39, 0.29) is 39.6 Å². The lowest BCUT2D eigenvalue weighted by atomic mass is 9.96. The van der Waals surface area contributed by atoms with E-state index >= 15 is 4.39 Å². The average Bonchev–Trinajstić information content (AvgIpc) is 2.86. The number of anilines is 1. The summed E-state index contributed by atoms with van der Waals surface area (Å²) in [5, 5.41) is 0.568. The predicted molar refractivity (Wildman–Crippen MR) is 160 cm³/mol. The van der Waals surface area contributed by atoms with Crippen molar-refractivity contribution in [2.24, 2.45) is 0 Å². The Morgan fingerprint density at radius 2 is 1.80 bits per heavy atom. The molecule has 13 heteroatoms. The lowest BCUT2D eigenvalue weighted by Gasteiger charge is -2.36. The first-order chi connectivity index (χ1) is 19.0. The fraction of sp³-hybridized carbons (Fsp3) is 0.429. The van der Waals surface area contributed by atoms with Crippen LogP contribution < -0.4 is 19.8 Å². The minimum absolute atomic E-state index is 0.0247. The lowest BCUT2D eigenvalue weighted by molar-refractivity contribution is 0.172. The molecule has 41 heavy (non-hydrogen) atoms. The molecule has 3 rings (SSSR count). The highest BCUT2D eigenvalue weighted by atomic mass is 32.2. The molecule has 0 fully saturated rings. The van der Waals surface area contributed by atoms with E-state index in [1.165, 1.54) is 36.2 Å². The Hall–Kier alpha value is -3.26. The first kappa shape index (κ1) is 32.3. The van der Waals surface area contributed by atoms with Gasteiger partial charge in [-0.15, -0.1) is 0 Å². The summed E-state index contributed by atoms with van der Waals surface area (Å²) < 4.78 is 60.9. The maximum absolute atomic E-state index is 15.4. The van der Waals surface area contributed by atoms with Crippen molar-refractivity contribution in [3.63, 3.8) is 0 Å². The van der Waals surface area contributed by atoms with Gasteiger partial charge in [0.1, 0.15) is 11.3 Å². The number of carbonyl (C=O) groups excluding carboxylic acids is 1. The molecule has 3 aromatic rings. The molecular weight excluding hydrogens is 569 g/mol. The number of benzene rings is 2. The maximum atomic E-state index is 15.4. The molecule has 0 bridgehead atoms. The van der Waals surface area contributed by atoms with Crippen molar-refractivity contribution in [2.45, 2.75) is 51.7 Å². The molecule has 224 valence electrons. The number of hydrogen-bond acceptors (Lipinski definition) is 7. The summed E-state index contributed by atoms with van der Waals surface area (Å²) in [6, 6.07) is 9.03. The molecule has 1 aromatic heterocycles. The second-order valence-corrected chi connectivity index (χ2v) is 17.8. The Morgan fingerprint density at radius 3 is 2.41 bits per heavy atom. The first-order valence-electron chi connectivity index (χ1n) is 13.1. The molecule has 0 aliphatic carbocycles. The normalized spacial score (nSPS) is 12.4. The molecule has 1 amide bonds. The number of nitrogens with one attached hydrogen (secondary N) is 2. The van der Waals surface area contributed by atoms with Crippen LogP contribution in [0.15, 0.2) is 45.6 Å². The third-order valence-electron chi connectivity index (χ3n) is 7.24. The molecule has 0 aliphatic rings. The van der Waals surface area contributed by atoms with Gasteiger partial charge in [-0.3, -0.25) is 4.72 Å². The van der Waals surface area contributed by atoms with Crippen molar-refractivity contribution < 1.29 is 31.2 Å². The van der Waals surface area contributed by atoms with Gasteiger partial charge in [-0.05, 0) is 53.9 Å². The van der Waals surface area contributed by atoms with Gasteiger partial charge in [0.2, 0.25) is 0 Å². The third-order valence-corrected chi connectivity index (χ3v) is 12.8. The summed E-state index contributed by atoms with van der Waals surface area (Å²) in [5.41, 5.74) is 0.217. The molecule has 10 nitrogen and oxygen atoms in total. The molecule has 0 unspecified atom stereocenters. The van der Waals surface area contributed by atoms with Crippen LogP contribution in [-0.4, -0.2) is 55.5 Å². The number of rotatable bonds is 10. The van der Waals surface area contributed by atoms with Crippen LogP contribution >= 0.6 is 0 Å². The number of carbonyl (C=O) groups is 1. The standard InChI is InChI=1S/C28H38FN3O7SSi/c1-28(2,3)41(7,8)37-15-14-20-21-13-12-19(38-27(34)32(5)6)17-24(21)39-26(33)22(20)16-18-10-9-11-23(25(18)29)31-40(35,36)30-4/h9-13,17,30-31H,14-16H2,1-8H3. The van der Waals surface area contributed by atoms with Gasteiger partial charge in [-0.1, -0.05) is 32.9 Å². The molecule has 0 saturated carbocycles. The van der Waals surface area contributed by atoms with Gasteiger partial charge < -0.3 is 18.5 Å². The zero-order valence-electron chi connectivity index (χ0n) is 24.7. The predicted octanol–water partition coefficient (Wildman–Crippen LogP) is 5.02. The van der Waals surface area contributed by atoms with Crippen molar-refractivity contribution in [3.05, 3.63) is 69.3 Å². The van der Waals surface area contributed by atoms with Crippen molar-refractivity contribution in [3.8, 4) is 5.75 Å². The Kier molecular flexibility index (Phi) is 9.68. The minimum Gasteiger partial charge on any atom is -0.422 e. The van der Waals surface area contributed by atoms with Crippen LogP contribution in [0.25, 0.3) is 11.0 Å². The van der Waals surface area contributed by atoms with Gasteiger partial charge in [0, 0.05) is 51.2 Å². The number of halogens is 1. The second-order valence-electron chi connectivity index (χ2n) is 11.4.